The fraction of sp³-hybridized carbons (Fsp3) is 0.636. The molecule has 0 heterocycles. The maximum atomic E-state index is 2.54. The van der Waals surface area contributed by atoms with Crippen molar-refractivity contribution in [2.24, 2.45) is 22.7 Å². The summed E-state index contributed by atoms with van der Waals surface area (Å²) in [7, 11) is 0. The van der Waals surface area contributed by atoms with Gasteiger partial charge in [0.1, 0.15) is 0 Å². The van der Waals surface area contributed by atoms with Gasteiger partial charge in [-0.05, 0) is 0 Å². The van der Waals surface area contributed by atoms with Crippen LogP contribution in [0.4, 0.5) is 0 Å². The molecule has 0 amide bonds. The van der Waals surface area contributed by atoms with E-state index in [1.165, 1.54) is 0 Å². The van der Waals surface area contributed by atoms with E-state index in [0.717, 1.165) is 0 Å². The van der Waals surface area contributed by atoms with Crippen LogP contribution in [0, 0.1) is 22.7 Å². The Morgan fingerprint density at radius 3 is 1.04 bits per heavy atom. The molecule has 0 unspecified atom stereocenters. The van der Waals surface area contributed by atoms with Crippen LogP contribution in [0.2, 0.25) is 6.25 Å². The Kier molecular flexibility index (Phi) is 8.77. The summed E-state index contributed by atoms with van der Waals surface area (Å²) < 4.78 is 0.575. The average molecular weight is 461 g/mol. The van der Waals surface area contributed by atoms with Gasteiger partial charge in [-0.2, -0.15) is 0 Å². The standard InChI is InChI=1S/2C11H17.2ClH.Zr/c2*1-9(2)11(3,4)10-7-5-6-8-10;;;/h2*5-9H,1-4H3;2*1H;/q;;;;+2/p-2. The van der Waals surface area contributed by atoms with Crippen molar-refractivity contribution < 1.29 is 48.0 Å². The first-order chi connectivity index (χ1) is 10.5. The van der Waals surface area contributed by atoms with E-state index in [2.05, 4.69) is 104 Å². The van der Waals surface area contributed by atoms with Crippen molar-refractivity contribution in [1.29, 1.82) is 0 Å². The Morgan fingerprint density at radius 2 is 0.840 bits per heavy atom. The molecule has 3 heteroatoms. The van der Waals surface area contributed by atoms with Gasteiger partial charge in [0.15, 0.2) is 0 Å². The SMILES string of the molecule is CC(C)C(C)(C)[C]1([Zr+2][C]2(C(C)(C)C(C)C)C=CC=C2)C=CC=C1.[Cl-].[Cl-]. The van der Waals surface area contributed by atoms with Gasteiger partial charge in [-0.15, -0.1) is 0 Å². The minimum atomic E-state index is -0.858. The molecule has 0 saturated heterocycles. The van der Waals surface area contributed by atoms with Gasteiger partial charge in [-0.1, -0.05) is 0 Å². The summed E-state index contributed by atoms with van der Waals surface area (Å²) in [4.78, 5) is 0. The van der Waals surface area contributed by atoms with E-state index in [1.54, 1.807) is 0 Å². The summed E-state index contributed by atoms with van der Waals surface area (Å²) in [5.74, 6) is 1.34. The maximum absolute atomic E-state index is 2.54. The van der Waals surface area contributed by atoms with E-state index < -0.39 is 23.2 Å². The van der Waals surface area contributed by atoms with Gasteiger partial charge in [-0.25, -0.2) is 0 Å². The second-order valence-electron chi connectivity index (χ2n) is 9.05. The Morgan fingerprint density at radius 1 is 0.600 bits per heavy atom. The van der Waals surface area contributed by atoms with Gasteiger partial charge < -0.3 is 24.8 Å². The number of rotatable bonds is 6. The van der Waals surface area contributed by atoms with Crippen molar-refractivity contribution in [1.82, 2.24) is 0 Å². The number of halogens is 2. The van der Waals surface area contributed by atoms with Crippen LogP contribution < -0.4 is 24.8 Å². The summed E-state index contributed by atoms with van der Waals surface area (Å²) in [6.45, 7) is 19.5. The molecule has 2 aliphatic carbocycles. The van der Waals surface area contributed by atoms with Crippen molar-refractivity contribution in [3.05, 3.63) is 48.6 Å². The molecule has 2 rings (SSSR count). The first-order valence-electron chi connectivity index (χ1n) is 9.04. The fourth-order valence-electron chi connectivity index (χ4n) is 3.59. The summed E-state index contributed by atoms with van der Waals surface area (Å²) in [5.41, 5.74) is 0.597. The van der Waals surface area contributed by atoms with Gasteiger partial charge >= 0.3 is 156 Å². The molecule has 0 nitrogen and oxygen atoms in total. The van der Waals surface area contributed by atoms with E-state index in [1.807, 2.05) is 0 Å². The Balaban J connectivity index is 0.00000288. The minimum Gasteiger partial charge on any atom is -1.00 e. The Hall–Kier alpha value is 0.423. The molecular formula is C22H34Cl2Zr. The summed E-state index contributed by atoms with van der Waals surface area (Å²) >= 11 is -0.858. The molecular weight excluding hydrogens is 426 g/mol. The molecule has 0 fully saturated rings. The van der Waals surface area contributed by atoms with Gasteiger partial charge in [0, 0.05) is 0 Å². The molecule has 0 bridgehead atoms. The number of allylic oxidation sites excluding steroid dienone is 8. The van der Waals surface area contributed by atoms with Crippen molar-refractivity contribution in [3.8, 4) is 0 Å². The van der Waals surface area contributed by atoms with E-state index in [9.17, 15) is 0 Å². The predicted octanol–water partition coefficient (Wildman–Crippen LogP) is 1.01. The maximum Gasteiger partial charge on any atom is -1.00 e. The largest absolute Gasteiger partial charge is 1.00 e. The number of hydrogen-bond acceptors (Lipinski definition) is 0. The van der Waals surface area contributed by atoms with Crippen molar-refractivity contribution in [3.63, 3.8) is 0 Å². The van der Waals surface area contributed by atoms with Crippen LogP contribution in [0.3, 0.4) is 0 Å². The minimum absolute atomic E-state index is 0. The fourth-order valence-corrected chi connectivity index (χ4v) is 10.0. The van der Waals surface area contributed by atoms with Crippen LogP contribution in [0.5, 0.6) is 0 Å². The molecule has 25 heavy (non-hydrogen) atoms. The zero-order chi connectivity index (χ0) is 17.5. The molecule has 0 aromatic carbocycles. The molecule has 0 aromatic rings. The topological polar surface area (TPSA) is 0 Å². The third-order valence-electron chi connectivity index (χ3n) is 7.09. The van der Waals surface area contributed by atoms with Crippen LogP contribution in [0.1, 0.15) is 55.4 Å². The monoisotopic (exact) mass is 458 g/mol. The molecule has 0 spiro atoms. The molecule has 0 aliphatic heterocycles. The molecule has 0 N–H and O–H groups in total. The average Bonchev–Trinajstić information content (AvgIpc) is 3.09. The first kappa shape index (κ1) is 25.4. The molecule has 0 atom stereocenters. The van der Waals surface area contributed by atoms with Gasteiger partial charge in [-0.3, -0.25) is 0 Å². The van der Waals surface area contributed by atoms with Crippen molar-refractivity contribution in [2.45, 2.75) is 61.6 Å². The van der Waals surface area contributed by atoms with E-state index >= 15 is 0 Å². The molecule has 140 valence electrons. The molecule has 0 saturated carbocycles. The molecule has 2 aliphatic rings. The zero-order valence-corrected chi connectivity index (χ0v) is 21.0. The quantitative estimate of drug-likeness (QED) is 0.555. The van der Waals surface area contributed by atoms with Crippen LogP contribution in [0.15, 0.2) is 48.6 Å². The van der Waals surface area contributed by atoms with E-state index in [0.29, 0.717) is 22.7 Å². The van der Waals surface area contributed by atoms with Crippen LogP contribution >= 0.6 is 0 Å². The Labute approximate surface area is 180 Å². The summed E-state index contributed by atoms with van der Waals surface area (Å²) in [5, 5.41) is 0. The summed E-state index contributed by atoms with van der Waals surface area (Å²) in [6, 6.07) is 0. The predicted molar refractivity (Wildman–Crippen MR) is 99.2 cm³/mol. The molecule has 0 radical (unpaired) electrons. The number of hydrogen-bond donors (Lipinski definition) is 0. The second-order valence-corrected chi connectivity index (χ2v) is 13.7. The van der Waals surface area contributed by atoms with Crippen molar-refractivity contribution in [2.75, 3.05) is 0 Å². The Bertz CT molecular complexity index is 489. The summed E-state index contributed by atoms with van der Waals surface area (Å²) in [6.07, 6.45) is 19.3. The van der Waals surface area contributed by atoms with Gasteiger partial charge in [0.25, 0.3) is 0 Å². The first-order valence-corrected chi connectivity index (χ1v) is 11.5. The van der Waals surface area contributed by atoms with Crippen LogP contribution in [-0.4, -0.2) is 0 Å². The second kappa shape index (κ2) is 8.62. The van der Waals surface area contributed by atoms with Gasteiger partial charge in [0.05, 0.1) is 0 Å². The van der Waals surface area contributed by atoms with E-state index in [-0.39, 0.29) is 31.1 Å². The van der Waals surface area contributed by atoms with Crippen molar-refractivity contribution >= 4 is 0 Å². The zero-order valence-electron chi connectivity index (χ0n) is 17.0. The smallest absolute Gasteiger partial charge is 1.00 e. The van der Waals surface area contributed by atoms with Crippen LogP contribution in [-0.2, 0) is 23.2 Å². The van der Waals surface area contributed by atoms with Crippen LogP contribution in [0.25, 0.3) is 0 Å². The third-order valence-corrected chi connectivity index (χ3v) is 13.9. The normalized spacial score (nSPS) is 19.9. The molecule has 0 aromatic heterocycles. The van der Waals surface area contributed by atoms with E-state index in [4.69, 9.17) is 0 Å². The third kappa shape index (κ3) is 4.15. The van der Waals surface area contributed by atoms with Gasteiger partial charge in [0.2, 0.25) is 0 Å².